The largest absolute Gasteiger partial charge is 0.343 e. The molecule has 0 amide bonds. The fourth-order valence-corrected chi connectivity index (χ4v) is 2.80. The molecular weight excluding hydrogens is 308 g/mol. The van der Waals surface area contributed by atoms with Gasteiger partial charge in [-0.15, -0.1) is 0 Å². The first-order valence-corrected chi connectivity index (χ1v) is 7.47. The molecule has 0 saturated carbocycles. The van der Waals surface area contributed by atoms with Gasteiger partial charge in [0.15, 0.2) is 0 Å². The molecule has 0 saturated heterocycles. The summed E-state index contributed by atoms with van der Waals surface area (Å²) in [6.07, 6.45) is 0. The maximum atomic E-state index is 13.5. The lowest BCUT2D eigenvalue weighted by atomic mass is 9.90. The third-order valence-electron chi connectivity index (χ3n) is 4.06. The van der Waals surface area contributed by atoms with Crippen molar-refractivity contribution in [1.29, 1.82) is 0 Å². The third-order valence-corrected chi connectivity index (χ3v) is 4.06. The van der Waals surface area contributed by atoms with Crippen LogP contribution in [-0.4, -0.2) is 34.2 Å². The monoisotopic (exact) mass is 330 g/mol. The van der Waals surface area contributed by atoms with E-state index in [1.165, 1.54) is 28.4 Å². The Labute approximate surface area is 142 Å². The number of rotatable bonds is 8. The molecule has 0 spiro atoms. The van der Waals surface area contributed by atoms with Crippen LogP contribution < -0.4 is 0 Å². The van der Waals surface area contributed by atoms with Crippen LogP contribution in [0.25, 0.3) is 0 Å². The van der Waals surface area contributed by atoms with Crippen LogP contribution in [0.2, 0.25) is 0 Å². The number of hydrogen-bond acceptors (Lipinski definition) is 5. The van der Waals surface area contributed by atoms with E-state index in [2.05, 4.69) is 0 Å². The lowest BCUT2D eigenvalue weighted by Gasteiger charge is -2.38. The molecule has 5 nitrogen and oxygen atoms in total. The zero-order chi connectivity index (χ0) is 17.6. The summed E-state index contributed by atoms with van der Waals surface area (Å²) in [5.74, 6) is -3.84. The third kappa shape index (κ3) is 2.87. The highest BCUT2D eigenvalue weighted by atomic mass is 16.7. The molecule has 0 unspecified atom stereocenters. The first-order valence-electron chi connectivity index (χ1n) is 7.47. The quantitative estimate of drug-likeness (QED) is 0.697. The molecule has 0 aromatic heterocycles. The summed E-state index contributed by atoms with van der Waals surface area (Å²) in [5.41, 5.74) is 1.10. The summed E-state index contributed by atoms with van der Waals surface area (Å²) in [4.78, 5) is 13.5. The summed E-state index contributed by atoms with van der Waals surface area (Å²) in [6, 6.07) is 17.9. The molecule has 0 aliphatic heterocycles. The molecular formula is C19H22O5. The molecule has 0 bridgehead atoms. The van der Waals surface area contributed by atoms with Crippen molar-refractivity contribution >= 4 is 5.78 Å². The molecule has 0 N–H and O–H groups in total. The van der Waals surface area contributed by atoms with Crippen LogP contribution in [0.1, 0.15) is 11.1 Å². The van der Waals surface area contributed by atoms with E-state index in [1.54, 1.807) is 48.5 Å². The van der Waals surface area contributed by atoms with E-state index in [0.29, 0.717) is 11.1 Å². The van der Waals surface area contributed by atoms with Gasteiger partial charge in [0.1, 0.15) is 0 Å². The summed E-state index contributed by atoms with van der Waals surface area (Å²) in [7, 11) is 5.65. The van der Waals surface area contributed by atoms with Crippen LogP contribution in [0.5, 0.6) is 0 Å². The first-order chi connectivity index (χ1) is 11.6. The van der Waals surface area contributed by atoms with Gasteiger partial charge in [-0.25, -0.2) is 0 Å². The second-order valence-electron chi connectivity index (χ2n) is 5.11. The molecule has 5 heteroatoms. The number of Topliss-reactive ketones (excluding diaryl/α,β-unsaturated/α-hetero) is 1. The average molecular weight is 330 g/mol. The number of ketones is 1. The molecule has 0 fully saturated rings. The van der Waals surface area contributed by atoms with Crippen LogP contribution in [0.3, 0.4) is 0 Å². The Kier molecular flexibility index (Phi) is 5.85. The van der Waals surface area contributed by atoms with Crippen molar-refractivity contribution in [2.45, 2.75) is 11.6 Å². The van der Waals surface area contributed by atoms with Crippen molar-refractivity contribution < 1.29 is 23.7 Å². The smallest absolute Gasteiger partial charge is 0.262 e. The molecule has 24 heavy (non-hydrogen) atoms. The Hall–Kier alpha value is -2.05. The summed E-state index contributed by atoms with van der Waals surface area (Å²) in [5, 5.41) is 0. The fourth-order valence-electron chi connectivity index (χ4n) is 2.80. The lowest BCUT2D eigenvalue weighted by Crippen LogP contribution is -2.53. The second-order valence-corrected chi connectivity index (χ2v) is 5.11. The van der Waals surface area contributed by atoms with Crippen molar-refractivity contribution in [3.05, 3.63) is 71.8 Å². The van der Waals surface area contributed by atoms with Crippen LogP contribution >= 0.6 is 0 Å². The van der Waals surface area contributed by atoms with Crippen molar-refractivity contribution in [2.75, 3.05) is 28.4 Å². The van der Waals surface area contributed by atoms with E-state index in [0.717, 1.165) is 0 Å². The summed E-state index contributed by atoms with van der Waals surface area (Å²) in [6.45, 7) is 0. The zero-order valence-corrected chi connectivity index (χ0v) is 14.3. The summed E-state index contributed by atoms with van der Waals surface area (Å²) < 4.78 is 22.1. The van der Waals surface area contributed by atoms with Gasteiger partial charge < -0.3 is 18.9 Å². The van der Waals surface area contributed by atoms with Gasteiger partial charge in [0, 0.05) is 39.6 Å². The molecule has 0 aliphatic carbocycles. The van der Waals surface area contributed by atoms with E-state index in [9.17, 15) is 4.79 Å². The van der Waals surface area contributed by atoms with Gasteiger partial charge in [-0.05, 0) is 0 Å². The second kappa shape index (κ2) is 7.68. The number of carbonyl (C=O) groups excluding carboxylic acids is 1. The minimum Gasteiger partial charge on any atom is -0.343 e. The molecule has 128 valence electrons. The van der Waals surface area contributed by atoms with Gasteiger partial charge >= 0.3 is 0 Å². The topological polar surface area (TPSA) is 54.0 Å². The van der Waals surface area contributed by atoms with Gasteiger partial charge in [-0.3, -0.25) is 4.79 Å². The van der Waals surface area contributed by atoms with Gasteiger partial charge in [-0.1, -0.05) is 60.7 Å². The average Bonchev–Trinajstić information content (AvgIpc) is 2.66. The van der Waals surface area contributed by atoms with E-state index >= 15 is 0 Å². The highest BCUT2D eigenvalue weighted by molar-refractivity contribution is 5.94. The van der Waals surface area contributed by atoms with Crippen LogP contribution in [0.4, 0.5) is 0 Å². The van der Waals surface area contributed by atoms with Gasteiger partial charge in [0.05, 0.1) is 0 Å². The predicted octanol–water partition coefficient (Wildman–Crippen LogP) is 2.85. The Balaban J connectivity index is 2.63. The Morgan fingerprint density at radius 1 is 0.625 bits per heavy atom. The van der Waals surface area contributed by atoms with E-state index in [4.69, 9.17) is 18.9 Å². The van der Waals surface area contributed by atoms with E-state index in [1.807, 2.05) is 12.1 Å². The van der Waals surface area contributed by atoms with Crippen molar-refractivity contribution in [3.63, 3.8) is 0 Å². The molecule has 0 aliphatic rings. The van der Waals surface area contributed by atoms with Crippen molar-refractivity contribution in [1.82, 2.24) is 0 Å². The molecule has 0 atom stereocenters. The predicted molar refractivity (Wildman–Crippen MR) is 89.3 cm³/mol. The SMILES string of the molecule is COC(OC)(C(=O)C(OC)(OC)c1ccccc1)c1ccccc1. The van der Waals surface area contributed by atoms with Gasteiger partial charge in [0.25, 0.3) is 17.4 Å². The number of hydrogen-bond donors (Lipinski definition) is 0. The van der Waals surface area contributed by atoms with Crippen LogP contribution in [-0.2, 0) is 35.3 Å². The molecule has 0 heterocycles. The van der Waals surface area contributed by atoms with Crippen molar-refractivity contribution in [2.24, 2.45) is 0 Å². The van der Waals surface area contributed by atoms with Gasteiger partial charge in [-0.2, -0.15) is 0 Å². The normalized spacial score (nSPS) is 12.2. The molecule has 0 radical (unpaired) electrons. The minimum absolute atomic E-state index is 0.512. The number of ether oxygens (including phenoxy) is 4. The zero-order valence-electron chi connectivity index (χ0n) is 14.3. The van der Waals surface area contributed by atoms with E-state index < -0.39 is 17.4 Å². The number of methoxy groups -OCH3 is 4. The van der Waals surface area contributed by atoms with Gasteiger partial charge in [0.2, 0.25) is 0 Å². The maximum absolute atomic E-state index is 13.5. The first kappa shape index (κ1) is 18.3. The molecule has 2 rings (SSSR count). The maximum Gasteiger partial charge on any atom is 0.262 e. The lowest BCUT2D eigenvalue weighted by molar-refractivity contribution is -0.266. The fraction of sp³-hybridized carbons (Fsp3) is 0.316. The van der Waals surface area contributed by atoms with Crippen LogP contribution in [0.15, 0.2) is 60.7 Å². The Bertz CT molecular complexity index is 588. The van der Waals surface area contributed by atoms with Crippen LogP contribution in [0, 0.1) is 0 Å². The minimum atomic E-state index is -1.66. The number of benzene rings is 2. The molecule has 2 aromatic carbocycles. The number of carbonyl (C=O) groups is 1. The Morgan fingerprint density at radius 2 is 0.917 bits per heavy atom. The standard InChI is InChI=1S/C19H22O5/c1-21-18(22-2,15-11-7-5-8-12-15)17(20)19(23-3,24-4)16-13-9-6-10-14-16/h5-14H,1-4H3. The Morgan fingerprint density at radius 3 is 1.17 bits per heavy atom. The highest BCUT2D eigenvalue weighted by Gasteiger charge is 2.55. The highest BCUT2D eigenvalue weighted by Crippen LogP contribution is 2.38. The van der Waals surface area contributed by atoms with E-state index in [-0.39, 0.29) is 0 Å². The van der Waals surface area contributed by atoms with Crippen molar-refractivity contribution in [3.8, 4) is 0 Å². The molecule has 2 aromatic rings. The summed E-state index contributed by atoms with van der Waals surface area (Å²) >= 11 is 0.